The third-order valence-corrected chi connectivity index (χ3v) is 4.48. The topological polar surface area (TPSA) is 110 Å². The summed E-state index contributed by atoms with van der Waals surface area (Å²) in [5.74, 6) is -1.25. The molecule has 2 aromatic carbocycles. The van der Waals surface area contributed by atoms with Gasteiger partial charge < -0.3 is 29.3 Å². The summed E-state index contributed by atoms with van der Waals surface area (Å²) in [5, 5.41) is 22.3. The molecule has 1 amide bonds. The van der Waals surface area contributed by atoms with Crippen molar-refractivity contribution in [2.45, 2.75) is 25.4 Å². The van der Waals surface area contributed by atoms with Crippen LogP contribution in [0.2, 0.25) is 0 Å². The third kappa shape index (κ3) is 5.18. The number of halogens is 3. The molecule has 1 aliphatic heterocycles. The van der Waals surface area contributed by atoms with Crippen molar-refractivity contribution in [3.8, 4) is 29.1 Å². The number of fused-ring (bicyclic) bond motifs is 1. The van der Waals surface area contributed by atoms with Crippen LogP contribution in [0.5, 0.6) is 23.0 Å². The number of carbonyl (C=O) groups excluding carboxylic acids is 1. The first kappa shape index (κ1) is 23.1. The van der Waals surface area contributed by atoms with Crippen LogP contribution in [0.25, 0.3) is 0 Å². The third-order valence-electron chi connectivity index (χ3n) is 4.48. The summed E-state index contributed by atoms with van der Waals surface area (Å²) < 4.78 is 56.7. The van der Waals surface area contributed by atoms with Crippen molar-refractivity contribution in [1.29, 1.82) is 5.26 Å². The van der Waals surface area contributed by atoms with Crippen LogP contribution in [0.3, 0.4) is 0 Å². The number of benzene rings is 2. The minimum Gasteiger partial charge on any atom is -0.504 e. The quantitative estimate of drug-likeness (QED) is 0.624. The lowest BCUT2D eigenvalue weighted by molar-refractivity contribution is -0.274. The molecule has 167 valence electrons. The van der Waals surface area contributed by atoms with Crippen molar-refractivity contribution in [2.75, 3.05) is 13.7 Å². The highest BCUT2D eigenvalue weighted by Crippen LogP contribution is 2.38. The second-order valence-corrected chi connectivity index (χ2v) is 7.02. The van der Waals surface area contributed by atoms with Gasteiger partial charge in [-0.1, -0.05) is 0 Å². The van der Waals surface area contributed by atoms with Crippen LogP contribution in [0.15, 0.2) is 30.3 Å². The molecule has 1 heterocycles. The van der Waals surface area contributed by atoms with Crippen LogP contribution in [0, 0.1) is 11.3 Å². The number of nitrogens with zero attached hydrogens (tertiary/aromatic N) is 1. The van der Waals surface area contributed by atoms with Gasteiger partial charge in [0.25, 0.3) is 5.91 Å². The Hall–Kier alpha value is -3.59. The molecular weight excluding hydrogens is 432 g/mol. The molecule has 0 bridgehead atoms. The molecule has 1 aliphatic rings. The molecule has 12 heteroatoms. The zero-order chi connectivity index (χ0) is 23.5. The number of aromatic hydroxyl groups is 1. The average Bonchev–Trinajstić information content (AvgIpc) is 3.19. The lowest BCUT2D eigenvalue weighted by atomic mass is 9.86. The molecule has 0 saturated carbocycles. The number of ether oxygens (including phenoxy) is 3. The van der Waals surface area contributed by atoms with E-state index in [-0.39, 0.29) is 36.0 Å². The highest BCUT2D eigenvalue weighted by atomic mass is 19.4. The van der Waals surface area contributed by atoms with Crippen molar-refractivity contribution >= 4 is 18.9 Å². The van der Waals surface area contributed by atoms with Crippen LogP contribution in [0.4, 0.5) is 13.2 Å². The van der Waals surface area contributed by atoms with Crippen LogP contribution in [-0.4, -0.2) is 44.1 Å². The summed E-state index contributed by atoms with van der Waals surface area (Å²) in [7, 11) is 2.84. The summed E-state index contributed by atoms with van der Waals surface area (Å²) in [6, 6.07) is 7.58. The summed E-state index contributed by atoms with van der Waals surface area (Å²) in [4.78, 5) is 12.5. The van der Waals surface area contributed by atoms with E-state index in [0.29, 0.717) is 11.0 Å². The Morgan fingerprint density at radius 2 is 2.00 bits per heavy atom. The Balaban J connectivity index is 1.72. The van der Waals surface area contributed by atoms with Crippen LogP contribution < -0.4 is 25.0 Å². The normalized spacial score (nSPS) is 14.4. The minimum atomic E-state index is -4.85. The molecule has 0 fully saturated rings. The molecule has 0 aliphatic carbocycles. The maximum absolute atomic E-state index is 12.5. The zero-order valence-electron chi connectivity index (χ0n) is 16.9. The summed E-state index contributed by atoms with van der Waals surface area (Å²) in [5.41, 5.74) is -0.259. The number of nitrogens with one attached hydrogen (secondary N) is 1. The molecule has 0 aromatic heterocycles. The first-order valence-corrected chi connectivity index (χ1v) is 9.15. The van der Waals surface area contributed by atoms with E-state index in [0.717, 1.165) is 24.3 Å². The predicted octanol–water partition coefficient (Wildman–Crippen LogP) is 2.17. The number of hydrogen-bond donors (Lipinski definition) is 2. The molecule has 0 unspecified atom stereocenters. The van der Waals surface area contributed by atoms with Gasteiger partial charge in [-0.2, -0.15) is 5.26 Å². The lowest BCUT2D eigenvalue weighted by Gasteiger charge is -2.25. The van der Waals surface area contributed by atoms with Crippen LogP contribution in [0.1, 0.15) is 22.8 Å². The number of amides is 1. The molecule has 1 atom stereocenters. The molecule has 2 N–H and O–H groups in total. The highest BCUT2D eigenvalue weighted by Gasteiger charge is 2.32. The number of nitriles is 1. The highest BCUT2D eigenvalue weighted by molar-refractivity contribution is 6.50. The molecule has 0 saturated heterocycles. The molecule has 32 heavy (non-hydrogen) atoms. The molecule has 0 spiro atoms. The van der Waals surface area contributed by atoms with Gasteiger partial charge in [-0.05, 0) is 48.3 Å². The van der Waals surface area contributed by atoms with Gasteiger partial charge in [0.15, 0.2) is 17.0 Å². The summed E-state index contributed by atoms with van der Waals surface area (Å²) >= 11 is 0. The number of hydrogen-bond acceptors (Lipinski definition) is 7. The molecular formula is C20H17BF3N2O6. The largest absolute Gasteiger partial charge is 0.573 e. The SMILES string of the molecule is COc1c2c(cc(O)c1OC[C@](C)(C#N)NC(=O)c1ccc(OC(F)(F)F)cc1)CO[B]2. The van der Waals surface area contributed by atoms with E-state index in [1.807, 2.05) is 6.07 Å². The minimum absolute atomic E-state index is 0.00528. The summed E-state index contributed by atoms with van der Waals surface area (Å²) in [6.45, 7) is 1.28. The van der Waals surface area contributed by atoms with E-state index in [9.17, 15) is 28.3 Å². The molecule has 2 aromatic rings. The number of phenolic OH excluding ortho intramolecular Hbond substituents is 1. The first-order valence-electron chi connectivity index (χ1n) is 9.15. The number of methoxy groups -OCH3 is 1. The average molecular weight is 449 g/mol. The maximum Gasteiger partial charge on any atom is 0.573 e. The van der Waals surface area contributed by atoms with E-state index in [4.69, 9.17) is 14.1 Å². The number of carbonyl (C=O) groups is 1. The van der Waals surface area contributed by atoms with Gasteiger partial charge >= 0.3 is 13.8 Å². The Morgan fingerprint density at radius 3 is 2.59 bits per heavy atom. The van der Waals surface area contributed by atoms with E-state index < -0.39 is 23.6 Å². The van der Waals surface area contributed by atoms with Crippen molar-refractivity contribution in [3.63, 3.8) is 0 Å². The van der Waals surface area contributed by atoms with Gasteiger partial charge in [-0.25, -0.2) is 0 Å². The number of rotatable bonds is 7. The Kier molecular flexibility index (Phi) is 6.41. The van der Waals surface area contributed by atoms with Crippen molar-refractivity contribution in [2.24, 2.45) is 0 Å². The van der Waals surface area contributed by atoms with E-state index >= 15 is 0 Å². The summed E-state index contributed by atoms with van der Waals surface area (Å²) in [6.07, 6.45) is -4.85. The second kappa shape index (κ2) is 8.88. The fourth-order valence-corrected chi connectivity index (χ4v) is 2.94. The van der Waals surface area contributed by atoms with Crippen molar-refractivity contribution < 1.29 is 41.9 Å². The van der Waals surface area contributed by atoms with Gasteiger partial charge in [-0.3, -0.25) is 4.79 Å². The van der Waals surface area contributed by atoms with Gasteiger partial charge in [0.1, 0.15) is 12.4 Å². The predicted molar refractivity (Wildman–Crippen MR) is 105 cm³/mol. The van der Waals surface area contributed by atoms with Gasteiger partial charge in [0, 0.05) is 5.56 Å². The lowest BCUT2D eigenvalue weighted by Crippen LogP contribution is -2.49. The molecule has 3 rings (SSSR count). The van der Waals surface area contributed by atoms with Crippen molar-refractivity contribution in [1.82, 2.24) is 5.32 Å². The van der Waals surface area contributed by atoms with Crippen molar-refractivity contribution in [3.05, 3.63) is 41.5 Å². The standard InChI is InChI=1S/C20H17BF3N2O6/c1-19(9-25,26-18(28)11-3-5-13(6-4-11)32-20(22,23)24)10-30-16-14(27)7-12-8-31-21-15(12)17(16)29-2/h3-7,27H,8,10H2,1-2H3,(H,26,28)/t19-/m0/s1. The first-order chi connectivity index (χ1) is 15.0. The second-order valence-electron chi connectivity index (χ2n) is 7.02. The Bertz CT molecular complexity index is 1060. The smallest absolute Gasteiger partial charge is 0.504 e. The molecule has 1 radical (unpaired) electrons. The zero-order valence-corrected chi connectivity index (χ0v) is 16.9. The van der Waals surface area contributed by atoms with Gasteiger partial charge in [0.05, 0.1) is 19.8 Å². The Labute approximate surface area is 181 Å². The van der Waals surface area contributed by atoms with Crippen LogP contribution >= 0.6 is 0 Å². The monoisotopic (exact) mass is 449 g/mol. The maximum atomic E-state index is 12.5. The fourth-order valence-electron chi connectivity index (χ4n) is 2.94. The van der Waals surface area contributed by atoms with E-state index in [1.165, 1.54) is 27.6 Å². The fraction of sp³-hybridized carbons (Fsp3) is 0.300. The number of alkyl halides is 3. The number of phenols is 1. The molecule has 8 nitrogen and oxygen atoms in total. The van der Waals surface area contributed by atoms with E-state index in [2.05, 4.69) is 10.1 Å². The van der Waals surface area contributed by atoms with Gasteiger partial charge in [-0.15, -0.1) is 13.2 Å². The van der Waals surface area contributed by atoms with Gasteiger partial charge in [0.2, 0.25) is 5.75 Å². The Morgan fingerprint density at radius 1 is 1.31 bits per heavy atom. The van der Waals surface area contributed by atoms with Crippen LogP contribution in [-0.2, 0) is 11.3 Å². The van der Waals surface area contributed by atoms with E-state index in [1.54, 1.807) is 0 Å².